The van der Waals surface area contributed by atoms with E-state index in [9.17, 15) is 9.59 Å². The van der Waals surface area contributed by atoms with Crippen LogP contribution in [0.4, 0.5) is 0 Å². The van der Waals surface area contributed by atoms with Crippen molar-refractivity contribution in [3.05, 3.63) is 0 Å². The number of carboxylic acids is 1. The van der Waals surface area contributed by atoms with Crippen molar-refractivity contribution in [1.82, 2.24) is 14.7 Å². The lowest BCUT2D eigenvalue weighted by atomic mass is 10.3. The van der Waals surface area contributed by atoms with Gasteiger partial charge in [0.05, 0.1) is 25.6 Å². The van der Waals surface area contributed by atoms with Gasteiger partial charge >= 0.3 is 5.97 Å². The second-order valence-electron chi connectivity index (χ2n) is 4.67. The van der Waals surface area contributed by atoms with Crippen LogP contribution in [0.2, 0.25) is 0 Å². The van der Waals surface area contributed by atoms with Crippen molar-refractivity contribution in [2.45, 2.75) is 6.42 Å². The van der Waals surface area contributed by atoms with Gasteiger partial charge in [-0.05, 0) is 0 Å². The number of carbonyl (C=O) groups excluding carboxylic acids is 1. The van der Waals surface area contributed by atoms with Gasteiger partial charge in [-0.3, -0.25) is 19.4 Å². The molecular weight excluding hydrogens is 248 g/mol. The number of nitriles is 1. The first kappa shape index (κ1) is 15.4. The second-order valence-corrected chi connectivity index (χ2v) is 4.67. The highest BCUT2D eigenvalue weighted by Gasteiger charge is 2.21. The summed E-state index contributed by atoms with van der Waals surface area (Å²) in [5, 5.41) is 17.2. The highest BCUT2D eigenvalue weighted by Crippen LogP contribution is 2.02. The van der Waals surface area contributed by atoms with Crippen molar-refractivity contribution in [1.29, 1.82) is 5.26 Å². The summed E-state index contributed by atoms with van der Waals surface area (Å²) < 4.78 is 0. The van der Waals surface area contributed by atoms with Crippen LogP contribution in [0.1, 0.15) is 6.42 Å². The molecule has 0 atom stereocenters. The fourth-order valence-corrected chi connectivity index (χ4v) is 1.95. The van der Waals surface area contributed by atoms with E-state index >= 15 is 0 Å². The van der Waals surface area contributed by atoms with E-state index in [1.54, 1.807) is 11.9 Å². The third-order valence-electron chi connectivity index (χ3n) is 3.17. The van der Waals surface area contributed by atoms with Gasteiger partial charge in [0.25, 0.3) is 0 Å². The van der Waals surface area contributed by atoms with Crippen LogP contribution in [0.3, 0.4) is 0 Å². The molecule has 0 aromatic carbocycles. The first-order valence-electron chi connectivity index (χ1n) is 6.30. The van der Waals surface area contributed by atoms with Crippen LogP contribution in [0, 0.1) is 11.3 Å². The number of amides is 1. The van der Waals surface area contributed by atoms with E-state index in [2.05, 4.69) is 0 Å². The maximum absolute atomic E-state index is 11.8. The number of aliphatic carboxylic acids is 1. The molecule has 1 rings (SSSR count). The van der Waals surface area contributed by atoms with E-state index in [-0.39, 0.29) is 12.5 Å². The van der Waals surface area contributed by atoms with Crippen LogP contribution in [0.15, 0.2) is 0 Å². The van der Waals surface area contributed by atoms with Crippen LogP contribution >= 0.6 is 0 Å². The van der Waals surface area contributed by atoms with Crippen molar-refractivity contribution in [3.8, 4) is 6.07 Å². The van der Waals surface area contributed by atoms with Crippen molar-refractivity contribution < 1.29 is 14.7 Å². The van der Waals surface area contributed by atoms with Gasteiger partial charge in [-0.25, -0.2) is 0 Å². The fraction of sp³-hybridized carbons (Fsp3) is 0.750. The summed E-state index contributed by atoms with van der Waals surface area (Å²) in [4.78, 5) is 27.9. The SMILES string of the molecule is CN(CCC#N)C(=O)CN1CCN(CC(=O)O)CC1. The number of hydrogen-bond acceptors (Lipinski definition) is 5. The molecular formula is C12H20N4O3. The van der Waals surface area contributed by atoms with E-state index in [1.807, 2.05) is 15.9 Å². The van der Waals surface area contributed by atoms with Crippen molar-refractivity contribution in [2.24, 2.45) is 0 Å². The Kier molecular flexibility index (Phi) is 6.25. The first-order chi connectivity index (χ1) is 9.02. The summed E-state index contributed by atoms with van der Waals surface area (Å²) in [7, 11) is 1.69. The van der Waals surface area contributed by atoms with Crippen molar-refractivity contribution in [2.75, 3.05) is 52.9 Å². The van der Waals surface area contributed by atoms with E-state index in [0.717, 1.165) is 0 Å². The zero-order valence-electron chi connectivity index (χ0n) is 11.2. The number of piperazine rings is 1. The number of carbonyl (C=O) groups is 2. The maximum Gasteiger partial charge on any atom is 0.317 e. The normalized spacial score (nSPS) is 16.8. The summed E-state index contributed by atoms with van der Waals surface area (Å²) in [6.45, 7) is 3.58. The van der Waals surface area contributed by atoms with E-state index in [1.165, 1.54) is 0 Å². The standard InChI is InChI=1S/C12H20N4O3/c1-14(4-2-3-13)11(17)9-15-5-7-16(8-6-15)10-12(18)19/h2,4-10H2,1H3,(H,18,19). The van der Waals surface area contributed by atoms with Gasteiger partial charge in [-0.15, -0.1) is 0 Å². The van der Waals surface area contributed by atoms with E-state index in [4.69, 9.17) is 10.4 Å². The molecule has 0 bridgehead atoms. The Hall–Kier alpha value is -1.65. The third kappa shape index (κ3) is 5.68. The molecule has 1 saturated heterocycles. The Morgan fingerprint density at radius 2 is 1.74 bits per heavy atom. The summed E-state index contributed by atoms with van der Waals surface area (Å²) in [5.74, 6) is -0.817. The van der Waals surface area contributed by atoms with Gasteiger partial charge in [0, 0.05) is 39.8 Å². The smallest absolute Gasteiger partial charge is 0.317 e. The molecule has 1 fully saturated rings. The summed E-state index contributed by atoms with van der Waals surface area (Å²) in [6, 6.07) is 2.01. The molecule has 1 amide bonds. The average Bonchev–Trinajstić information content (AvgIpc) is 2.37. The minimum atomic E-state index is -0.819. The van der Waals surface area contributed by atoms with Crippen molar-refractivity contribution in [3.63, 3.8) is 0 Å². The van der Waals surface area contributed by atoms with Crippen LogP contribution < -0.4 is 0 Å². The van der Waals surface area contributed by atoms with Crippen molar-refractivity contribution >= 4 is 11.9 Å². The number of carboxylic acid groups (broad SMARTS) is 1. The number of hydrogen-bond donors (Lipinski definition) is 1. The van der Waals surface area contributed by atoms with Gasteiger partial charge in [-0.1, -0.05) is 0 Å². The quantitative estimate of drug-likeness (QED) is 0.669. The molecule has 0 aromatic heterocycles. The largest absolute Gasteiger partial charge is 0.480 e. The first-order valence-corrected chi connectivity index (χ1v) is 6.30. The molecule has 0 aliphatic carbocycles. The van der Waals surface area contributed by atoms with Gasteiger partial charge in [-0.2, -0.15) is 5.26 Å². The lowest BCUT2D eigenvalue weighted by molar-refractivity contribution is -0.139. The highest BCUT2D eigenvalue weighted by molar-refractivity contribution is 5.78. The number of nitrogens with zero attached hydrogens (tertiary/aromatic N) is 4. The fourth-order valence-electron chi connectivity index (χ4n) is 1.95. The molecule has 1 heterocycles. The zero-order chi connectivity index (χ0) is 14.3. The van der Waals surface area contributed by atoms with Crippen LogP contribution in [-0.4, -0.2) is 84.5 Å². The zero-order valence-corrected chi connectivity index (χ0v) is 11.2. The van der Waals surface area contributed by atoms with Crippen LogP contribution in [0.5, 0.6) is 0 Å². The molecule has 1 N–H and O–H groups in total. The van der Waals surface area contributed by atoms with Crippen LogP contribution in [0.25, 0.3) is 0 Å². The van der Waals surface area contributed by atoms with Crippen LogP contribution in [-0.2, 0) is 9.59 Å². The lowest BCUT2D eigenvalue weighted by Crippen LogP contribution is -2.50. The Labute approximate surface area is 113 Å². The molecule has 1 aliphatic heterocycles. The van der Waals surface area contributed by atoms with Gasteiger partial charge in [0.2, 0.25) is 5.91 Å². The summed E-state index contributed by atoms with van der Waals surface area (Å²) >= 11 is 0. The average molecular weight is 268 g/mol. The summed E-state index contributed by atoms with van der Waals surface area (Å²) in [6.07, 6.45) is 0.342. The molecule has 7 nitrogen and oxygen atoms in total. The molecule has 0 unspecified atom stereocenters. The summed E-state index contributed by atoms with van der Waals surface area (Å²) in [5.41, 5.74) is 0. The molecule has 0 saturated carbocycles. The predicted octanol–water partition coefficient (Wildman–Crippen LogP) is -0.939. The highest BCUT2D eigenvalue weighted by atomic mass is 16.4. The Morgan fingerprint density at radius 1 is 1.21 bits per heavy atom. The van der Waals surface area contributed by atoms with E-state index in [0.29, 0.717) is 45.7 Å². The van der Waals surface area contributed by atoms with E-state index < -0.39 is 5.97 Å². The lowest BCUT2D eigenvalue weighted by Gasteiger charge is -2.34. The minimum Gasteiger partial charge on any atom is -0.480 e. The molecule has 106 valence electrons. The number of likely N-dealkylation sites (N-methyl/N-ethyl adjacent to an activating group) is 1. The molecule has 1 aliphatic rings. The third-order valence-corrected chi connectivity index (χ3v) is 3.17. The topological polar surface area (TPSA) is 87.9 Å². The predicted molar refractivity (Wildman–Crippen MR) is 68.4 cm³/mol. The molecule has 7 heteroatoms. The Balaban J connectivity index is 2.27. The molecule has 19 heavy (non-hydrogen) atoms. The molecule has 0 spiro atoms. The molecule has 0 aromatic rings. The Morgan fingerprint density at radius 3 is 2.21 bits per heavy atom. The second kappa shape index (κ2) is 7.71. The van der Waals surface area contributed by atoms with Gasteiger partial charge < -0.3 is 10.0 Å². The number of rotatable bonds is 6. The molecule has 0 radical (unpaired) electrons. The van der Waals surface area contributed by atoms with Gasteiger partial charge in [0.1, 0.15) is 0 Å². The maximum atomic E-state index is 11.8. The Bertz CT molecular complexity index is 358. The minimum absolute atomic E-state index is 0.00179. The monoisotopic (exact) mass is 268 g/mol. The van der Waals surface area contributed by atoms with Gasteiger partial charge in [0.15, 0.2) is 0 Å².